The summed E-state index contributed by atoms with van der Waals surface area (Å²) in [4.78, 5) is 5.06. The summed E-state index contributed by atoms with van der Waals surface area (Å²) in [5, 5.41) is 15.9. The van der Waals surface area contributed by atoms with Crippen LogP contribution in [0.2, 0.25) is 0 Å². The van der Waals surface area contributed by atoms with Gasteiger partial charge in [0.1, 0.15) is 11.9 Å². The minimum Gasteiger partial charge on any atom is -0.780 e. The van der Waals surface area contributed by atoms with E-state index in [9.17, 15) is 13.7 Å². The van der Waals surface area contributed by atoms with E-state index in [0.717, 1.165) is 21.7 Å². The van der Waals surface area contributed by atoms with Crippen molar-refractivity contribution < 1.29 is 32.8 Å². The molecule has 0 atom stereocenters. The van der Waals surface area contributed by atoms with E-state index < -0.39 is 10.1 Å². The zero-order valence-electron chi connectivity index (χ0n) is 15.9. The van der Waals surface area contributed by atoms with Gasteiger partial charge in [-0.25, -0.2) is 4.98 Å². The molecule has 3 rings (SSSR count). The predicted molar refractivity (Wildman–Crippen MR) is 113 cm³/mol. The summed E-state index contributed by atoms with van der Waals surface area (Å²) in [6.07, 6.45) is 0. The molecule has 0 saturated heterocycles. The van der Waals surface area contributed by atoms with Gasteiger partial charge >= 0.3 is 19.8 Å². The fourth-order valence-corrected chi connectivity index (χ4v) is 3.28. The first kappa shape index (κ1) is 23.7. The van der Waals surface area contributed by atoms with E-state index in [0.29, 0.717) is 22.9 Å². The van der Waals surface area contributed by atoms with Crippen molar-refractivity contribution in [3.05, 3.63) is 65.2 Å². The number of hydrogen-bond donors (Lipinski definition) is 3. The summed E-state index contributed by atoms with van der Waals surface area (Å²) in [5.74, 6) is 0.910. The quantitative estimate of drug-likeness (QED) is 0.289. The average molecular weight is 616 g/mol. The van der Waals surface area contributed by atoms with Crippen LogP contribution in [0.4, 0.5) is 23.0 Å². The van der Waals surface area contributed by atoms with Crippen LogP contribution in [-0.2, 0) is 42.5 Å². The average Bonchev–Trinajstić information content (AvgIpc) is 2.67. The van der Waals surface area contributed by atoms with E-state index in [1.54, 1.807) is 12.1 Å². The van der Waals surface area contributed by atoms with E-state index >= 15 is 0 Å². The number of benzene rings is 2. The molecule has 1 radical (unpaired) electrons. The zero-order valence-corrected chi connectivity index (χ0v) is 20.1. The van der Waals surface area contributed by atoms with Gasteiger partial charge in [0.05, 0.1) is 10.5 Å². The van der Waals surface area contributed by atoms with Crippen molar-refractivity contribution >= 4 is 45.8 Å². The number of hydrogen-bond acceptors (Lipinski definition) is 7. The molecule has 10 heteroatoms. The SMILES string of the molecule is Cc1c(Nc2ccc([S-])cc2)nc(Nc2ccc(S(=O)(=O)O)cc2)c(C#N)c1C.[Os+]. The molecule has 0 saturated carbocycles. The van der Waals surface area contributed by atoms with Crippen LogP contribution in [-0.4, -0.2) is 18.0 Å². The van der Waals surface area contributed by atoms with Gasteiger partial charge in [-0.05, 0) is 61.4 Å². The molecule has 1 aromatic heterocycles. The fraction of sp³-hybridized carbons (Fsp3) is 0.100. The van der Waals surface area contributed by atoms with Crippen LogP contribution in [0.15, 0.2) is 58.3 Å². The van der Waals surface area contributed by atoms with Gasteiger partial charge in [-0.2, -0.15) is 18.6 Å². The number of nitrogens with one attached hydrogen (secondary N) is 2. The van der Waals surface area contributed by atoms with Crippen LogP contribution in [0.3, 0.4) is 0 Å². The molecule has 30 heavy (non-hydrogen) atoms. The van der Waals surface area contributed by atoms with E-state index in [4.69, 9.17) is 17.2 Å². The Hall–Kier alpha value is -2.55. The molecule has 7 nitrogen and oxygen atoms in total. The van der Waals surface area contributed by atoms with Crippen LogP contribution in [0.25, 0.3) is 0 Å². The fourth-order valence-electron chi connectivity index (χ4n) is 2.67. The minimum absolute atomic E-state index is 0. The first-order valence-electron chi connectivity index (χ1n) is 8.49. The maximum Gasteiger partial charge on any atom is 1.00 e. The molecular formula is C20H17N4O3OsS2. The second kappa shape index (κ2) is 9.50. The van der Waals surface area contributed by atoms with E-state index in [1.165, 1.54) is 24.3 Å². The third-order valence-corrected chi connectivity index (χ3v) is 5.54. The monoisotopic (exact) mass is 617 g/mol. The number of rotatable bonds is 5. The Morgan fingerprint density at radius 2 is 1.43 bits per heavy atom. The van der Waals surface area contributed by atoms with Gasteiger partial charge < -0.3 is 23.3 Å². The van der Waals surface area contributed by atoms with Gasteiger partial charge in [-0.3, -0.25) is 4.55 Å². The van der Waals surface area contributed by atoms with E-state index in [-0.39, 0.29) is 24.7 Å². The molecule has 0 bridgehead atoms. The van der Waals surface area contributed by atoms with Crippen molar-refractivity contribution in [3.8, 4) is 6.07 Å². The molecule has 1 heterocycles. The van der Waals surface area contributed by atoms with Crippen molar-refractivity contribution in [2.75, 3.05) is 10.6 Å². The van der Waals surface area contributed by atoms with Crippen LogP contribution in [0.1, 0.15) is 16.7 Å². The zero-order chi connectivity index (χ0) is 21.2. The van der Waals surface area contributed by atoms with Crippen molar-refractivity contribution in [3.63, 3.8) is 0 Å². The Kier molecular flexibility index (Phi) is 7.52. The summed E-state index contributed by atoms with van der Waals surface area (Å²) in [6.45, 7) is 3.71. The van der Waals surface area contributed by atoms with Crippen molar-refractivity contribution in [2.45, 2.75) is 23.6 Å². The van der Waals surface area contributed by atoms with Gasteiger partial charge in [0.25, 0.3) is 10.1 Å². The first-order chi connectivity index (χ1) is 13.7. The molecule has 155 valence electrons. The third kappa shape index (κ3) is 5.32. The minimum atomic E-state index is -4.28. The predicted octanol–water partition coefficient (Wildman–Crippen LogP) is 4.21. The molecule has 0 unspecified atom stereocenters. The van der Waals surface area contributed by atoms with Gasteiger partial charge in [0.15, 0.2) is 5.82 Å². The summed E-state index contributed by atoms with van der Waals surface area (Å²) in [5.41, 5.74) is 3.30. The molecule has 0 aliphatic heterocycles. The maximum absolute atomic E-state index is 11.2. The second-order valence-corrected chi connectivity index (χ2v) is 8.21. The number of pyridine rings is 1. The van der Waals surface area contributed by atoms with Crippen molar-refractivity contribution in [1.82, 2.24) is 4.98 Å². The van der Waals surface area contributed by atoms with Gasteiger partial charge in [0, 0.05) is 11.4 Å². The van der Waals surface area contributed by atoms with Gasteiger partial charge in [-0.15, -0.1) is 0 Å². The van der Waals surface area contributed by atoms with Crippen molar-refractivity contribution in [2.24, 2.45) is 0 Å². The molecule has 0 amide bonds. The van der Waals surface area contributed by atoms with E-state index in [2.05, 4.69) is 21.7 Å². The molecule has 2 aromatic carbocycles. The third-order valence-electron chi connectivity index (χ3n) is 4.40. The van der Waals surface area contributed by atoms with Crippen LogP contribution in [0, 0.1) is 25.2 Å². The summed E-state index contributed by atoms with van der Waals surface area (Å²) < 4.78 is 31.5. The maximum atomic E-state index is 11.2. The van der Waals surface area contributed by atoms with Crippen LogP contribution < -0.4 is 10.6 Å². The molecule has 0 fully saturated rings. The largest absolute Gasteiger partial charge is 1.00 e. The number of anilines is 4. The standard InChI is InChI=1S/C20H18N4O3S2.Os/c1-12-13(2)19(22-14-3-7-16(28)8-4-14)24-20(18(12)11-21)23-15-5-9-17(10-6-15)29(25,26)27;/h3-10,28H,1-2H3,(H2,22,23,24)(H,25,26,27);/q;+1/p-1. The summed E-state index contributed by atoms with van der Waals surface area (Å²) >= 11 is 5.10. The molecule has 3 aromatic rings. The molecule has 3 N–H and O–H groups in total. The summed E-state index contributed by atoms with van der Waals surface area (Å²) in [6, 6.07) is 15.0. The Morgan fingerprint density at radius 3 is 1.93 bits per heavy atom. The number of aromatic nitrogens is 1. The molecule has 0 aliphatic rings. The molecule has 0 aliphatic carbocycles. The van der Waals surface area contributed by atoms with Gasteiger partial charge in [0.2, 0.25) is 0 Å². The Morgan fingerprint density at radius 1 is 0.933 bits per heavy atom. The van der Waals surface area contributed by atoms with Crippen molar-refractivity contribution in [1.29, 1.82) is 5.26 Å². The Bertz CT molecular complexity index is 1210. The molecule has 0 spiro atoms. The Labute approximate surface area is 193 Å². The summed E-state index contributed by atoms with van der Waals surface area (Å²) in [7, 11) is -4.28. The molecular weight excluding hydrogens is 599 g/mol. The van der Waals surface area contributed by atoms with Crippen LogP contribution >= 0.6 is 0 Å². The second-order valence-electron chi connectivity index (χ2n) is 6.32. The number of nitrogens with zero attached hydrogens (tertiary/aromatic N) is 2. The normalized spacial score (nSPS) is 10.6. The number of nitriles is 1. The van der Waals surface area contributed by atoms with Crippen LogP contribution in [0.5, 0.6) is 0 Å². The van der Waals surface area contributed by atoms with E-state index in [1.807, 2.05) is 26.0 Å². The first-order valence-corrected chi connectivity index (χ1v) is 10.3. The van der Waals surface area contributed by atoms with Gasteiger partial charge in [-0.1, -0.05) is 12.1 Å². The topological polar surface area (TPSA) is 115 Å². The Balaban J connectivity index is 0.00000320. The smallest absolute Gasteiger partial charge is 0.780 e.